The van der Waals surface area contributed by atoms with Crippen molar-refractivity contribution in [3.8, 4) is 0 Å². The van der Waals surface area contributed by atoms with E-state index in [2.05, 4.69) is 27.6 Å². The Kier molecular flexibility index (Phi) is 5.68. The zero-order valence-corrected chi connectivity index (χ0v) is 14.9. The predicted molar refractivity (Wildman–Crippen MR) is 95.1 cm³/mol. The van der Waals surface area contributed by atoms with Gasteiger partial charge in [-0.3, -0.25) is 0 Å². The van der Waals surface area contributed by atoms with Crippen LogP contribution in [0.15, 0.2) is 34.9 Å². The number of piperidine rings is 1. The van der Waals surface area contributed by atoms with Crippen molar-refractivity contribution in [3.05, 3.63) is 47.6 Å². The van der Waals surface area contributed by atoms with E-state index in [9.17, 15) is 4.79 Å². The molecular formula is C19H26N4O2. The average Bonchev–Trinajstić information content (AvgIpc) is 3.09. The van der Waals surface area contributed by atoms with Crippen LogP contribution in [0.1, 0.15) is 56.4 Å². The molecule has 1 atom stereocenters. The van der Waals surface area contributed by atoms with E-state index in [-0.39, 0.29) is 18.1 Å². The number of aryl methyl sites for hydroxylation is 2. The molecule has 1 aliphatic heterocycles. The zero-order chi connectivity index (χ0) is 17.6. The van der Waals surface area contributed by atoms with E-state index in [0.717, 1.165) is 38.6 Å². The number of rotatable bonds is 5. The van der Waals surface area contributed by atoms with Gasteiger partial charge in [-0.2, -0.15) is 4.98 Å². The molecule has 2 aromatic rings. The second-order valence-electron chi connectivity index (χ2n) is 6.84. The molecule has 0 spiro atoms. The molecule has 1 aliphatic rings. The number of aromatic nitrogens is 2. The maximum Gasteiger partial charge on any atom is 0.318 e. The highest BCUT2D eigenvalue weighted by molar-refractivity contribution is 5.75. The topological polar surface area (TPSA) is 71.3 Å². The molecule has 25 heavy (non-hydrogen) atoms. The van der Waals surface area contributed by atoms with Gasteiger partial charge in [0.15, 0.2) is 5.82 Å². The van der Waals surface area contributed by atoms with Gasteiger partial charge in [0, 0.05) is 19.0 Å². The van der Waals surface area contributed by atoms with Gasteiger partial charge in [0.25, 0.3) is 0 Å². The predicted octanol–water partition coefficient (Wildman–Crippen LogP) is 3.50. The quantitative estimate of drug-likeness (QED) is 0.903. The van der Waals surface area contributed by atoms with Crippen molar-refractivity contribution in [2.75, 3.05) is 6.54 Å². The maximum absolute atomic E-state index is 12.4. The first-order valence-corrected chi connectivity index (χ1v) is 9.07. The highest BCUT2D eigenvalue weighted by Crippen LogP contribution is 2.30. The summed E-state index contributed by atoms with van der Waals surface area (Å²) in [6, 6.07) is 10.2. The summed E-state index contributed by atoms with van der Waals surface area (Å²) in [5, 5.41) is 7.08. The molecule has 2 heterocycles. The molecule has 1 fully saturated rings. The molecule has 0 bridgehead atoms. The van der Waals surface area contributed by atoms with E-state index in [1.165, 1.54) is 5.56 Å². The second kappa shape index (κ2) is 8.14. The minimum atomic E-state index is -0.120. The van der Waals surface area contributed by atoms with Crippen LogP contribution in [0.3, 0.4) is 0 Å². The van der Waals surface area contributed by atoms with E-state index >= 15 is 0 Å². The van der Waals surface area contributed by atoms with Gasteiger partial charge in [-0.15, -0.1) is 0 Å². The number of likely N-dealkylation sites (tertiary alicyclic amines) is 1. The average molecular weight is 342 g/mol. The summed E-state index contributed by atoms with van der Waals surface area (Å²) >= 11 is 0. The van der Waals surface area contributed by atoms with Crippen LogP contribution >= 0.6 is 0 Å². The Morgan fingerprint density at radius 2 is 2.08 bits per heavy atom. The van der Waals surface area contributed by atoms with Gasteiger partial charge in [0.1, 0.15) is 6.04 Å². The summed E-state index contributed by atoms with van der Waals surface area (Å²) in [5.41, 5.74) is 1.25. The van der Waals surface area contributed by atoms with Gasteiger partial charge in [-0.05, 0) is 45.1 Å². The maximum atomic E-state index is 12.4. The van der Waals surface area contributed by atoms with E-state index in [1.807, 2.05) is 36.9 Å². The van der Waals surface area contributed by atoms with Crippen molar-refractivity contribution in [2.45, 2.75) is 58.0 Å². The molecule has 134 valence electrons. The lowest BCUT2D eigenvalue weighted by molar-refractivity contribution is 0.130. The molecule has 1 unspecified atom stereocenters. The summed E-state index contributed by atoms with van der Waals surface area (Å²) in [6.45, 7) is 4.65. The first-order chi connectivity index (χ1) is 12.1. The van der Waals surface area contributed by atoms with Crippen LogP contribution in [0, 0.1) is 0 Å². The van der Waals surface area contributed by atoms with E-state index < -0.39 is 0 Å². The molecule has 1 aromatic carbocycles. The van der Waals surface area contributed by atoms with Crippen LogP contribution in [-0.4, -0.2) is 33.7 Å². The molecule has 1 aromatic heterocycles. The van der Waals surface area contributed by atoms with Gasteiger partial charge in [-0.25, -0.2) is 4.79 Å². The second-order valence-corrected chi connectivity index (χ2v) is 6.84. The van der Waals surface area contributed by atoms with E-state index in [0.29, 0.717) is 11.7 Å². The number of hydrogen-bond acceptors (Lipinski definition) is 4. The third kappa shape index (κ3) is 4.59. The van der Waals surface area contributed by atoms with Gasteiger partial charge in [-0.1, -0.05) is 35.5 Å². The third-order valence-electron chi connectivity index (χ3n) is 4.42. The summed E-state index contributed by atoms with van der Waals surface area (Å²) in [7, 11) is 0. The van der Waals surface area contributed by atoms with Gasteiger partial charge in [0.05, 0.1) is 0 Å². The normalized spacial score (nSPS) is 17.7. The molecule has 0 saturated carbocycles. The highest BCUT2D eigenvalue weighted by Gasteiger charge is 2.32. The molecule has 2 amide bonds. The smallest absolute Gasteiger partial charge is 0.318 e. The summed E-state index contributed by atoms with van der Waals surface area (Å²) in [4.78, 5) is 18.8. The zero-order valence-electron chi connectivity index (χ0n) is 14.9. The van der Waals surface area contributed by atoms with Crippen molar-refractivity contribution in [1.29, 1.82) is 0 Å². The Bertz CT molecular complexity index is 684. The molecule has 1 saturated heterocycles. The van der Waals surface area contributed by atoms with E-state index in [1.54, 1.807) is 0 Å². The van der Waals surface area contributed by atoms with Crippen LogP contribution in [0.2, 0.25) is 0 Å². The minimum absolute atomic E-state index is 0.0521. The minimum Gasteiger partial charge on any atom is -0.337 e. The lowest BCUT2D eigenvalue weighted by atomic mass is 10.0. The molecular weight excluding hydrogens is 316 g/mol. The standard InChI is InChI=1S/C19H26N4O2/c1-14(2)20-19(24)23-13-7-6-10-16(23)18-21-17(22-25-18)12-11-15-8-4-3-5-9-15/h3-5,8-9,14,16H,6-7,10-13H2,1-2H3,(H,20,24). The van der Waals surface area contributed by atoms with Crippen molar-refractivity contribution in [3.63, 3.8) is 0 Å². The fourth-order valence-electron chi connectivity index (χ4n) is 3.17. The highest BCUT2D eigenvalue weighted by atomic mass is 16.5. The number of benzene rings is 1. The monoisotopic (exact) mass is 342 g/mol. The van der Waals surface area contributed by atoms with Gasteiger partial charge >= 0.3 is 6.03 Å². The largest absolute Gasteiger partial charge is 0.337 e. The van der Waals surface area contributed by atoms with Crippen molar-refractivity contribution in [1.82, 2.24) is 20.4 Å². The van der Waals surface area contributed by atoms with Crippen LogP contribution in [0.4, 0.5) is 4.79 Å². The summed E-state index contributed by atoms with van der Waals surface area (Å²) in [6.07, 6.45) is 4.56. The Morgan fingerprint density at radius 1 is 1.28 bits per heavy atom. The van der Waals surface area contributed by atoms with Gasteiger partial charge < -0.3 is 14.7 Å². The molecule has 6 nitrogen and oxygen atoms in total. The van der Waals surface area contributed by atoms with Crippen molar-refractivity contribution < 1.29 is 9.32 Å². The molecule has 6 heteroatoms. The number of carbonyl (C=O) groups excluding carboxylic acids is 1. The van der Waals surface area contributed by atoms with Crippen molar-refractivity contribution in [2.24, 2.45) is 0 Å². The Balaban J connectivity index is 1.65. The van der Waals surface area contributed by atoms with Crippen LogP contribution < -0.4 is 5.32 Å². The Morgan fingerprint density at radius 3 is 2.84 bits per heavy atom. The third-order valence-corrected chi connectivity index (χ3v) is 4.42. The lowest BCUT2D eigenvalue weighted by Crippen LogP contribution is -2.46. The fourth-order valence-corrected chi connectivity index (χ4v) is 3.17. The van der Waals surface area contributed by atoms with E-state index in [4.69, 9.17) is 4.52 Å². The summed E-state index contributed by atoms with van der Waals surface area (Å²) < 4.78 is 5.50. The van der Waals surface area contributed by atoms with Crippen LogP contribution in [-0.2, 0) is 12.8 Å². The fraction of sp³-hybridized carbons (Fsp3) is 0.526. The van der Waals surface area contributed by atoms with Crippen LogP contribution in [0.5, 0.6) is 0 Å². The number of nitrogens with zero attached hydrogens (tertiary/aromatic N) is 3. The number of hydrogen-bond donors (Lipinski definition) is 1. The van der Waals surface area contributed by atoms with Crippen LogP contribution in [0.25, 0.3) is 0 Å². The number of carbonyl (C=O) groups is 1. The Hall–Kier alpha value is -2.37. The SMILES string of the molecule is CC(C)NC(=O)N1CCCCC1c1nc(CCc2ccccc2)no1. The molecule has 3 rings (SSSR count). The molecule has 0 radical (unpaired) electrons. The number of amides is 2. The van der Waals surface area contributed by atoms with Gasteiger partial charge in [0.2, 0.25) is 5.89 Å². The molecule has 1 N–H and O–H groups in total. The number of nitrogens with one attached hydrogen (secondary N) is 1. The first kappa shape index (κ1) is 17.5. The molecule has 0 aliphatic carbocycles. The lowest BCUT2D eigenvalue weighted by Gasteiger charge is -2.33. The number of urea groups is 1. The first-order valence-electron chi connectivity index (χ1n) is 9.07. The summed E-state index contributed by atoms with van der Waals surface area (Å²) in [5.74, 6) is 1.26. The Labute approximate surface area is 148 Å². The van der Waals surface area contributed by atoms with Crippen molar-refractivity contribution >= 4 is 6.03 Å².